The van der Waals surface area contributed by atoms with Gasteiger partial charge in [0.2, 0.25) is 0 Å². The molecule has 0 aliphatic rings. The lowest BCUT2D eigenvalue weighted by Crippen LogP contribution is -2.24. The number of aromatic nitrogens is 2. The van der Waals surface area contributed by atoms with Crippen LogP contribution in [0.25, 0.3) is 0 Å². The van der Waals surface area contributed by atoms with E-state index in [0.29, 0.717) is 30.6 Å². The van der Waals surface area contributed by atoms with Crippen LogP contribution in [0, 0.1) is 5.82 Å². The topological polar surface area (TPSA) is 41.1 Å². The second-order valence-electron chi connectivity index (χ2n) is 5.10. The summed E-state index contributed by atoms with van der Waals surface area (Å²) in [6, 6.07) is 7.08. The van der Waals surface area contributed by atoms with E-state index in [0.717, 1.165) is 5.69 Å². The van der Waals surface area contributed by atoms with E-state index >= 15 is 0 Å². The number of nitrogens with zero attached hydrogens (tertiary/aromatic N) is 3. The van der Waals surface area contributed by atoms with Gasteiger partial charge in [-0.15, -0.1) is 0 Å². The third-order valence-electron chi connectivity index (χ3n) is 3.10. The average molecular weight is 288 g/mol. The van der Waals surface area contributed by atoms with Gasteiger partial charge >= 0.3 is 0 Å². The molecule has 0 aliphatic carbocycles. The van der Waals surface area contributed by atoms with Gasteiger partial charge in [0, 0.05) is 25.3 Å². The van der Waals surface area contributed by atoms with Crippen molar-refractivity contribution < 1.29 is 4.39 Å². The highest BCUT2D eigenvalue weighted by Gasteiger charge is 2.13. The number of halogens is 1. The van der Waals surface area contributed by atoms with Crippen molar-refractivity contribution in [2.75, 3.05) is 11.4 Å². The van der Waals surface area contributed by atoms with Gasteiger partial charge in [-0.05, 0) is 19.1 Å². The molecule has 2 rings (SSSR count). The average Bonchev–Trinajstić information content (AvgIpc) is 2.48. The van der Waals surface area contributed by atoms with Gasteiger partial charge in [-0.2, -0.15) is 0 Å². The van der Waals surface area contributed by atoms with Crippen LogP contribution in [0.2, 0.25) is 0 Å². The van der Waals surface area contributed by atoms with Gasteiger partial charge in [0.1, 0.15) is 5.82 Å². The normalized spacial score (nSPS) is 10.9. The van der Waals surface area contributed by atoms with Gasteiger partial charge in [-0.3, -0.25) is 4.98 Å². The lowest BCUT2D eigenvalue weighted by atomic mass is 10.2. The van der Waals surface area contributed by atoms with Crippen molar-refractivity contribution in [2.24, 2.45) is 0 Å². The Hall–Kier alpha value is -2.01. The maximum absolute atomic E-state index is 14.0. The van der Waals surface area contributed by atoms with Crippen LogP contribution in [-0.4, -0.2) is 22.6 Å². The number of benzene rings is 1. The molecule has 0 unspecified atom stereocenters. The van der Waals surface area contributed by atoms with E-state index < -0.39 is 0 Å². The fraction of sp³-hybridized carbons (Fsp3) is 0.375. The Bertz CT molecular complexity index is 586. The molecule has 0 bridgehead atoms. The monoisotopic (exact) mass is 288 g/mol. The molecule has 112 valence electrons. The molecule has 1 heterocycles. The standard InChI is InChI=1S/C16H21FN4/c1-4-21(15-8-6-5-7-14(15)17)16-11-18-9-13(20-16)10-19-12(2)3/h5-9,11-12,19H,4,10H2,1-3H3. The van der Waals surface area contributed by atoms with Crippen LogP contribution in [-0.2, 0) is 6.54 Å². The maximum atomic E-state index is 14.0. The zero-order chi connectivity index (χ0) is 15.2. The highest BCUT2D eigenvalue weighted by molar-refractivity contribution is 5.59. The minimum atomic E-state index is -0.258. The summed E-state index contributed by atoms with van der Waals surface area (Å²) >= 11 is 0. The van der Waals surface area contributed by atoms with Crippen molar-refractivity contribution in [1.82, 2.24) is 15.3 Å². The van der Waals surface area contributed by atoms with E-state index in [-0.39, 0.29) is 5.82 Å². The smallest absolute Gasteiger partial charge is 0.151 e. The van der Waals surface area contributed by atoms with Crippen LogP contribution in [0.1, 0.15) is 26.5 Å². The summed E-state index contributed by atoms with van der Waals surface area (Å²) in [4.78, 5) is 10.6. The molecule has 2 aromatic rings. The Labute approximate surface area is 125 Å². The molecule has 0 radical (unpaired) electrons. The number of anilines is 2. The summed E-state index contributed by atoms with van der Waals surface area (Å²) in [5.41, 5.74) is 1.36. The summed E-state index contributed by atoms with van der Waals surface area (Å²) in [6.45, 7) is 7.39. The van der Waals surface area contributed by atoms with Crippen molar-refractivity contribution in [2.45, 2.75) is 33.4 Å². The van der Waals surface area contributed by atoms with Gasteiger partial charge in [-0.1, -0.05) is 26.0 Å². The van der Waals surface area contributed by atoms with Gasteiger partial charge < -0.3 is 10.2 Å². The molecule has 1 N–H and O–H groups in total. The molecule has 0 spiro atoms. The number of rotatable bonds is 6. The van der Waals surface area contributed by atoms with Crippen molar-refractivity contribution in [3.63, 3.8) is 0 Å². The SMILES string of the molecule is CCN(c1cncc(CNC(C)C)n1)c1ccccc1F. The van der Waals surface area contributed by atoms with Crippen molar-refractivity contribution in [3.8, 4) is 0 Å². The first kappa shape index (κ1) is 15.4. The van der Waals surface area contributed by atoms with Crippen molar-refractivity contribution in [3.05, 3.63) is 48.2 Å². The predicted molar refractivity (Wildman–Crippen MR) is 83.1 cm³/mol. The largest absolute Gasteiger partial charge is 0.323 e. The molecule has 1 aromatic heterocycles. The molecule has 4 nitrogen and oxygen atoms in total. The van der Waals surface area contributed by atoms with Crippen LogP contribution in [0.5, 0.6) is 0 Å². The fourth-order valence-corrected chi connectivity index (χ4v) is 2.05. The quantitative estimate of drug-likeness (QED) is 0.885. The zero-order valence-electron chi connectivity index (χ0n) is 12.7. The first-order valence-electron chi connectivity index (χ1n) is 7.18. The van der Waals surface area contributed by atoms with Crippen LogP contribution < -0.4 is 10.2 Å². The molecule has 0 atom stereocenters. The molecule has 0 amide bonds. The molecule has 5 heteroatoms. The zero-order valence-corrected chi connectivity index (χ0v) is 12.7. The first-order valence-corrected chi connectivity index (χ1v) is 7.18. The Kier molecular flexibility index (Phi) is 5.22. The van der Waals surface area contributed by atoms with Gasteiger partial charge in [0.25, 0.3) is 0 Å². The Morgan fingerprint density at radius 1 is 1.24 bits per heavy atom. The van der Waals surface area contributed by atoms with Crippen LogP contribution in [0.15, 0.2) is 36.7 Å². The van der Waals surface area contributed by atoms with Crippen molar-refractivity contribution in [1.29, 1.82) is 0 Å². The second kappa shape index (κ2) is 7.13. The Balaban J connectivity index is 2.26. The summed E-state index contributed by atoms with van der Waals surface area (Å²) < 4.78 is 14.0. The predicted octanol–water partition coefficient (Wildman–Crippen LogP) is 3.27. The lowest BCUT2D eigenvalue weighted by Gasteiger charge is -2.22. The summed E-state index contributed by atoms with van der Waals surface area (Å²) in [7, 11) is 0. The fourth-order valence-electron chi connectivity index (χ4n) is 2.05. The van der Waals surface area contributed by atoms with E-state index in [9.17, 15) is 4.39 Å². The summed E-state index contributed by atoms with van der Waals surface area (Å²) in [5, 5.41) is 3.30. The maximum Gasteiger partial charge on any atom is 0.151 e. The minimum absolute atomic E-state index is 0.258. The molecule has 1 aromatic carbocycles. The van der Waals surface area contributed by atoms with Gasteiger partial charge in [0.05, 0.1) is 17.6 Å². The van der Waals surface area contributed by atoms with E-state index in [1.165, 1.54) is 6.07 Å². The number of hydrogen-bond donors (Lipinski definition) is 1. The summed E-state index contributed by atoms with van der Waals surface area (Å²) in [6.07, 6.45) is 3.39. The van der Waals surface area contributed by atoms with Crippen LogP contribution in [0.4, 0.5) is 15.9 Å². The number of para-hydroxylation sites is 1. The van der Waals surface area contributed by atoms with Gasteiger partial charge in [0.15, 0.2) is 5.82 Å². The van der Waals surface area contributed by atoms with E-state index in [1.54, 1.807) is 24.5 Å². The highest BCUT2D eigenvalue weighted by atomic mass is 19.1. The van der Waals surface area contributed by atoms with E-state index in [2.05, 4.69) is 29.1 Å². The Morgan fingerprint density at radius 3 is 2.67 bits per heavy atom. The van der Waals surface area contributed by atoms with Crippen LogP contribution in [0.3, 0.4) is 0 Å². The van der Waals surface area contributed by atoms with Crippen LogP contribution >= 0.6 is 0 Å². The van der Waals surface area contributed by atoms with Crippen molar-refractivity contribution >= 4 is 11.5 Å². The summed E-state index contributed by atoms with van der Waals surface area (Å²) in [5.74, 6) is 0.400. The lowest BCUT2D eigenvalue weighted by molar-refractivity contribution is 0.580. The third kappa shape index (κ3) is 3.98. The minimum Gasteiger partial charge on any atom is -0.323 e. The molecular formula is C16H21FN4. The van der Waals surface area contributed by atoms with Gasteiger partial charge in [-0.25, -0.2) is 9.37 Å². The number of hydrogen-bond acceptors (Lipinski definition) is 4. The Morgan fingerprint density at radius 2 is 2.00 bits per heavy atom. The third-order valence-corrected chi connectivity index (χ3v) is 3.10. The highest BCUT2D eigenvalue weighted by Crippen LogP contribution is 2.25. The van der Waals surface area contributed by atoms with E-state index in [4.69, 9.17) is 0 Å². The number of nitrogens with one attached hydrogen (secondary N) is 1. The molecule has 0 aliphatic heterocycles. The molecule has 0 saturated carbocycles. The first-order chi connectivity index (χ1) is 10.1. The van der Waals surface area contributed by atoms with E-state index in [1.807, 2.05) is 17.9 Å². The molecule has 21 heavy (non-hydrogen) atoms. The molecule has 0 saturated heterocycles. The second-order valence-corrected chi connectivity index (χ2v) is 5.10. The molecular weight excluding hydrogens is 267 g/mol. The molecule has 0 fully saturated rings.